The zero-order valence-corrected chi connectivity index (χ0v) is 15.9. The molecule has 0 fully saturated rings. The van der Waals surface area contributed by atoms with Crippen molar-refractivity contribution in [2.45, 2.75) is 26.4 Å². The Morgan fingerprint density at radius 1 is 1.00 bits per heavy atom. The molecular weight excluding hydrogens is 376 g/mol. The number of nitrogens with zero attached hydrogens (tertiary/aromatic N) is 3. The lowest BCUT2D eigenvalue weighted by atomic mass is 10.2. The molecule has 0 spiro atoms. The molecule has 25 heavy (non-hydrogen) atoms. The van der Waals surface area contributed by atoms with Gasteiger partial charge < -0.3 is 10.2 Å². The van der Waals surface area contributed by atoms with Crippen LogP contribution in [0, 0.1) is 0 Å². The molecule has 0 bridgehead atoms. The van der Waals surface area contributed by atoms with E-state index in [1.165, 1.54) is 5.56 Å². The van der Waals surface area contributed by atoms with Gasteiger partial charge in [-0.25, -0.2) is 4.98 Å². The molecule has 0 saturated carbocycles. The van der Waals surface area contributed by atoms with Gasteiger partial charge in [0, 0.05) is 28.9 Å². The number of halogens is 1. The third-order valence-electron chi connectivity index (χ3n) is 3.84. The van der Waals surface area contributed by atoms with Crippen LogP contribution in [0.2, 0.25) is 0 Å². The summed E-state index contributed by atoms with van der Waals surface area (Å²) in [6.45, 7) is 5.09. The monoisotopic (exact) mass is 396 g/mol. The first-order valence-electron chi connectivity index (χ1n) is 8.28. The number of hydrogen-bond donors (Lipinski definition) is 1. The molecule has 0 aliphatic rings. The Balaban J connectivity index is 1.81. The fourth-order valence-electron chi connectivity index (χ4n) is 2.50. The first-order chi connectivity index (χ1) is 12.1. The van der Waals surface area contributed by atoms with Gasteiger partial charge in [0.2, 0.25) is 5.95 Å². The fraction of sp³-hybridized carbons (Fsp3) is 0.200. The van der Waals surface area contributed by atoms with E-state index in [0.29, 0.717) is 6.04 Å². The van der Waals surface area contributed by atoms with Gasteiger partial charge in [-0.15, -0.1) is 0 Å². The second-order valence-corrected chi connectivity index (χ2v) is 7.00. The minimum absolute atomic E-state index is 0.295. The largest absolute Gasteiger partial charge is 0.340 e. The van der Waals surface area contributed by atoms with Gasteiger partial charge in [0.15, 0.2) is 0 Å². The third kappa shape index (κ3) is 4.79. The van der Waals surface area contributed by atoms with Crippen molar-refractivity contribution in [2.24, 2.45) is 0 Å². The average Bonchev–Trinajstić information content (AvgIpc) is 2.62. The molecule has 5 heteroatoms. The Hall–Kier alpha value is -2.40. The van der Waals surface area contributed by atoms with Crippen LogP contribution in [-0.4, -0.2) is 16.0 Å². The number of aromatic nitrogens is 2. The lowest BCUT2D eigenvalue weighted by Gasteiger charge is -2.27. The van der Waals surface area contributed by atoms with Crippen LogP contribution in [0.3, 0.4) is 0 Å². The van der Waals surface area contributed by atoms with Crippen molar-refractivity contribution in [3.05, 3.63) is 76.9 Å². The van der Waals surface area contributed by atoms with Crippen molar-refractivity contribution >= 4 is 33.4 Å². The van der Waals surface area contributed by atoms with Crippen LogP contribution in [0.4, 0.5) is 17.5 Å². The van der Waals surface area contributed by atoms with Gasteiger partial charge >= 0.3 is 0 Å². The van der Waals surface area contributed by atoms with Crippen LogP contribution in [0.1, 0.15) is 19.4 Å². The molecule has 0 aliphatic heterocycles. The number of nitrogens with one attached hydrogen (secondary N) is 1. The first-order valence-corrected chi connectivity index (χ1v) is 9.07. The molecule has 128 valence electrons. The van der Waals surface area contributed by atoms with E-state index in [2.05, 4.69) is 69.2 Å². The summed E-state index contributed by atoms with van der Waals surface area (Å²) < 4.78 is 1.05. The van der Waals surface area contributed by atoms with Crippen LogP contribution in [0.5, 0.6) is 0 Å². The van der Waals surface area contributed by atoms with Crippen molar-refractivity contribution < 1.29 is 0 Å². The average molecular weight is 397 g/mol. The van der Waals surface area contributed by atoms with E-state index < -0.39 is 0 Å². The molecular formula is C20H21BrN4. The van der Waals surface area contributed by atoms with E-state index in [1.807, 2.05) is 36.4 Å². The van der Waals surface area contributed by atoms with Crippen LogP contribution in [0.25, 0.3) is 0 Å². The van der Waals surface area contributed by atoms with Crippen molar-refractivity contribution in [3.8, 4) is 0 Å². The number of rotatable bonds is 6. The number of hydrogen-bond acceptors (Lipinski definition) is 4. The highest BCUT2D eigenvalue weighted by Crippen LogP contribution is 2.21. The molecule has 1 aromatic heterocycles. The van der Waals surface area contributed by atoms with Crippen LogP contribution >= 0.6 is 15.9 Å². The molecule has 3 aromatic rings. The van der Waals surface area contributed by atoms with E-state index in [9.17, 15) is 0 Å². The van der Waals surface area contributed by atoms with E-state index >= 15 is 0 Å². The summed E-state index contributed by atoms with van der Waals surface area (Å²) in [7, 11) is 0. The lowest BCUT2D eigenvalue weighted by molar-refractivity contribution is 0.661. The highest BCUT2D eigenvalue weighted by atomic mass is 79.9. The molecule has 4 nitrogen and oxygen atoms in total. The third-order valence-corrected chi connectivity index (χ3v) is 4.36. The maximum Gasteiger partial charge on any atom is 0.227 e. The Morgan fingerprint density at radius 2 is 1.72 bits per heavy atom. The zero-order valence-electron chi connectivity index (χ0n) is 14.4. The molecule has 3 rings (SSSR count). The van der Waals surface area contributed by atoms with Gasteiger partial charge in [0.25, 0.3) is 0 Å². The Bertz CT molecular complexity index is 803. The number of anilines is 3. The van der Waals surface area contributed by atoms with Gasteiger partial charge in [-0.05, 0) is 49.7 Å². The van der Waals surface area contributed by atoms with Crippen LogP contribution in [-0.2, 0) is 6.54 Å². The molecule has 2 aromatic carbocycles. The predicted molar refractivity (Wildman–Crippen MR) is 107 cm³/mol. The van der Waals surface area contributed by atoms with Crippen molar-refractivity contribution in [3.63, 3.8) is 0 Å². The molecule has 1 heterocycles. The summed E-state index contributed by atoms with van der Waals surface area (Å²) in [6.07, 6.45) is 1.80. The molecule has 0 radical (unpaired) electrons. The molecule has 0 unspecified atom stereocenters. The standard InChI is InChI=1S/C20H21BrN4/c1-15(2)25(14-16-6-4-3-5-7-16)20-22-13-12-19(24-20)23-18-10-8-17(21)9-11-18/h3-13,15H,14H2,1-2H3,(H,22,23,24). The van der Waals surface area contributed by atoms with Gasteiger partial charge in [0.05, 0.1) is 0 Å². The molecule has 0 amide bonds. The lowest BCUT2D eigenvalue weighted by Crippen LogP contribution is -2.31. The first kappa shape index (κ1) is 17.4. The van der Waals surface area contributed by atoms with Gasteiger partial charge in [0.1, 0.15) is 5.82 Å². The van der Waals surface area contributed by atoms with Crippen molar-refractivity contribution in [1.29, 1.82) is 0 Å². The normalized spacial score (nSPS) is 10.7. The Morgan fingerprint density at radius 3 is 2.40 bits per heavy atom. The summed E-state index contributed by atoms with van der Waals surface area (Å²) in [5.41, 5.74) is 2.23. The van der Waals surface area contributed by atoms with Gasteiger partial charge in [-0.1, -0.05) is 46.3 Å². The Kier molecular flexibility index (Phi) is 5.66. The van der Waals surface area contributed by atoms with E-state index in [4.69, 9.17) is 4.98 Å². The number of benzene rings is 2. The van der Waals surface area contributed by atoms with Crippen molar-refractivity contribution in [1.82, 2.24) is 9.97 Å². The fourth-order valence-corrected chi connectivity index (χ4v) is 2.77. The smallest absolute Gasteiger partial charge is 0.227 e. The molecule has 0 atom stereocenters. The maximum atomic E-state index is 4.70. The SMILES string of the molecule is CC(C)N(Cc1ccccc1)c1nccc(Nc2ccc(Br)cc2)n1. The second kappa shape index (κ2) is 8.12. The van der Waals surface area contributed by atoms with E-state index in [-0.39, 0.29) is 0 Å². The molecule has 0 aliphatic carbocycles. The summed E-state index contributed by atoms with van der Waals surface area (Å²) in [6, 6.07) is 20.6. The maximum absolute atomic E-state index is 4.70. The van der Waals surface area contributed by atoms with Crippen LogP contribution < -0.4 is 10.2 Å². The minimum atomic E-state index is 0.295. The summed E-state index contributed by atoms with van der Waals surface area (Å²) in [5, 5.41) is 3.33. The van der Waals surface area contributed by atoms with Gasteiger partial charge in [-0.3, -0.25) is 0 Å². The summed E-state index contributed by atoms with van der Waals surface area (Å²) in [4.78, 5) is 11.4. The quantitative estimate of drug-likeness (QED) is 0.605. The topological polar surface area (TPSA) is 41.1 Å². The van der Waals surface area contributed by atoms with E-state index in [1.54, 1.807) is 6.20 Å². The predicted octanol–water partition coefficient (Wildman–Crippen LogP) is 5.40. The Labute approximate surface area is 157 Å². The van der Waals surface area contributed by atoms with Gasteiger partial charge in [-0.2, -0.15) is 4.98 Å². The summed E-state index contributed by atoms with van der Waals surface area (Å²) in [5.74, 6) is 1.51. The minimum Gasteiger partial charge on any atom is -0.340 e. The highest BCUT2D eigenvalue weighted by Gasteiger charge is 2.14. The molecule has 0 saturated heterocycles. The zero-order chi connectivity index (χ0) is 17.6. The molecule has 1 N–H and O–H groups in total. The second-order valence-electron chi connectivity index (χ2n) is 6.08. The van der Waals surface area contributed by atoms with E-state index in [0.717, 1.165) is 28.5 Å². The van der Waals surface area contributed by atoms with Crippen LogP contribution in [0.15, 0.2) is 71.3 Å². The van der Waals surface area contributed by atoms with Crippen molar-refractivity contribution in [2.75, 3.05) is 10.2 Å². The summed E-state index contributed by atoms with van der Waals surface area (Å²) >= 11 is 3.45. The highest BCUT2D eigenvalue weighted by molar-refractivity contribution is 9.10.